The summed E-state index contributed by atoms with van der Waals surface area (Å²) in [6, 6.07) is 6.43. The van der Waals surface area contributed by atoms with E-state index in [1.165, 1.54) is 12.2 Å². The summed E-state index contributed by atoms with van der Waals surface area (Å²) in [5.74, 6) is 4.96. The normalized spacial score (nSPS) is 16.6. The van der Waals surface area contributed by atoms with E-state index in [4.69, 9.17) is 4.74 Å². The second-order valence-electron chi connectivity index (χ2n) is 7.46. The smallest absolute Gasteiger partial charge is 0.462 e. The molecule has 0 radical (unpaired) electrons. The van der Waals surface area contributed by atoms with Gasteiger partial charge in [0.1, 0.15) is 5.76 Å². The minimum absolute atomic E-state index is 0.0845. The number of halogens is 3. The highest BCUT2D eigenvalue weighted by Crippen LogP contribution is 2.42. The molecule has 0 atom stereocenters. The average Bonchev–Trinajstić information content (AvgIpc) is 2.66. The van der Waals surface area contributed by atoms with Crippen LogP contribution in [0.4, 0.5) is 13.2 Å². The molecular formula is C22H23F3O5S. The molecule has 31 heavy (non-hydrogen) atoms. The van der Waals surface area contributed by atoms with E-state index in [2.05, 4.69) is 16.0 Å². The molecule has 0 saturated carbocycles. The van der Waals surface area contributed by atoms with Crippen molar-refractivity contribution in [1.29, 1.82) is 0 Å². The van der Waals surface area contributed by atoms with Crippen LogP contribution >= 0.6 is 0 Å². The fraction of sp³-hybridized carbons (Fsp3) is 0.409. The molecule has 0 fully saturated rings. The van der Waals surface area contributed by atoms with Gasteiger partial charge < -0.3 is 8.92 Å². The van der Waals surface area contributed by atoms with Crippen molar-refractivity contribution in [2.45, 2.75) is 45.5 Å². The summed E-state index contributed by atoms with van der Waals surface area (Å²) in [6.07, 6.45) is 4.17. The van der Waals surface area contributed by atoms with Crippen molar-refractivity contribution in [2.75, 3.05) is 6.61 Å². The maximum absolute atomic E-state index is 12.7. The molecule has 1 aliphatic rings. The van der Waals surface area contributed by atoms with Gasteiger partial charge in [-0.05, 0) is 67.2 Å². The summed E-state index contributed by atoms with van der Waals surface area (Å²) in [6.45, 7) is 5.59. The molecule has 0 spiro atoms. The second-order valence-corrected chi connectivity index (χ2v) is 9.00. The van der Waals surface area contributed by atoms with Crippen LogP contribution in [0.15, 0.2) is 47.7 Å². The van der Waals surface area contributed by atoms with Crippen molar-refractivity contribution in [2.24, 2.45) is 5.41 Å². The molecule has 0 saturated heterocycles. The van der Waals surface area contributed by atoms with E-state index in [1.807, 2.05) is 0 Å². The van der Waals surface area contributed by atoms with Crippen molar-refractivity contribution in [1.82, 2.24) is 0 Å². The first kappa shape index (κ1) is 24.5. The predicted octanol–water partition coefficient (Wildman–Crippen LogP) is 5.10. The van der Waals surface area contributed by atoms with E-state index in [1.54, 1.807) is 45.0 Å². The van der Waals surface area contributed by atoms with E-state index in [-0.39, 0.29) is 18.8 Å². The number of ether oxygens (including phenoxy) is 1. The lowest BCUT2D eigenvalue weighted by atomic mass is 9.75. The minimum Gasteiger partial charge on any atom is -0.462 e. The third-order valence-electron chi connectivity index (χ3n) is 4.67. The summed E-state index contributed by atoms with van der Waals surface area (Å²) in [5.41, 5.74) is -4.70. The number of benzene rings is 1. The minimum atomic E-state index is -5.73. The number of allylic oxidation sites excluding steroid dienone is 4. The Labute approximate surface area is 180 Å². The van der Waals surface area contributed by atoms with Crippen molar-refractivity contribution in [3.63, 3.8) is 0 Å². The first-order chi connectivity index (χ1) is 14.4. The lowest BCUT2D eigenvalue weighted by molar-refractivity contribution is -0.0525. The number of rotatable bonds is 5. The van der Waals surface area contributed by atoms with Gasteiger partial charge in [-0.15, -0.1) is 0 Å². The van der Waals surface area contributed by atoms with E-state index >= 15 is 0 Å². The number of carbonyl (C=O) groups is 1. The Balaban J connectivity index is 2.25. The summed E-state index contributed by atoms with van der Waals surface area (Å²) < 4.78 is 70.4. The highest BCUT2D eigenvalue weighted by Gasteiger charge is 2.49. The van der Waals surface area contributed by atoms with Crippen molar-refractivity contribution in [3.8, 4) is 11.8 Å². The fourth-order valence-corrected chi connectivity index (χ4v) is 3.61. The fourth-order valence-electron chi connectivity index (χ4n) is 3.08. The molecule has 1 aliphatic carbocycles. The molecule has 2 rings (SSSR count). The molecule has 0 unspecified atom stereocenters. The molecule has 0 bridgehead atoms. The standard InChI is InChI=1S/C22H23F3O5S/c1-4-29-20(26)17-13-11-16(12-14-17)8-5-6-9-18-19(10-7-15-21(18,2)3)30-31(27,28)22(23,24)25/h6,9,11-14H,4,7,10,15H2,1-3H3. The van der Waals surface area contributed by atoms with Gasteiger partial charge in [-0.1, -0.05) is 25.7 Å². The summed E-state index contributed by atoms with van der Waals surface area (Å²) in [4.78, 5) is 11.6. The van der Waals surface area contributed by atoms with Gasteiger partial charge in [0, 0.05) is 12.0 Å². The van der Waals surface area contributed by atoms with Crippen molar-refractivity contribution < 1.29 is 35.3 Å². The van der Waals surface area contributed by atoms with Crippen molar-refractivity contribution in [3.05, 3.63) is 58.9 Å². The Hall–Kier alpha value is -2.73. The predicted molar refractivity (Wildman–Crippen MR) is 109 cm³/mol. The van der Waals surface area contributed by atoms with Crippen LogP contribution in [0.3, 0.4) is 0 Å². The zero-order chi connectivity index (χ0) is 23.3. The van der Waals surface area contributed by atoms with Crippen LogP contribution in [0.5, 0.6) is 0 Å². The molecule has 168 valence electrons. The van der Waals surface area contributed by atoms with Crippen LogP contribution in [0.25, 0.3) is 0 Å². The van der Waals surface area contributed by atoms with Gasteiger partial charge in [0.2, 0.25) is 0 Å². The molecule has 0 heterocycles. The molecule has 0 N–H and O–H groups in total. The number of carbonyl (C=O) groups excluding carboxylic acids is 1. The molecular weight excluding hydrogens is 433 g/mol. The van der Waals surface area contributed by atoms with Crippen LogP contribution in [0, 0.1) is 17.3 Å². The Morgan fingerprint density at radius 2 is 1.87 bits per heavy atom. The molecule has 0 amide bonds. The van der Waals surface area contributed by atoms with Crippen LogP contribution in [0.1, 0.15) is 56.0 Å². The number of hydrogen-bond donors (Lipinski definition) is 0. The lowest BCUT2D eigenvalue weighted by Crippen LogP contribution is -2.28. The van der Waals surface area contributed by atoms with E-state index in [0.717, 1.165) is 0 Å². The van der Waals surface area contributed by atoms with Crippen LogP contribution in [-0.2, 0) is 19.0 Å². The van der Waals surface area contributed by atoms with Gasteiger partial charge in [-0.3, -0.25) is 0 Å². The third kappa shape index (κ3) is 6.37. The SMILES string of the molecule is CCOC(=O)c1ccc(C#CC=CC2=C(OS(=O)(=O)C(F)(F)F)CCCC2(C)C)cc1. The van der Waals surface area contributed by atoms with Gasteiger partial charge in [-0.25, -0.2) is 4.79 Å². The molecule has 0 aromatic heterocycles. The molecule has 0 aliphatic heterocycles. The monoisotopic (exact) mass is 456 g/mol. The topological polar surface area (TPSA) is 69.7 Å². The highest BCUT2D eigenvalue weighted by molar-refractivity contribution is 7.87. The first-order valence-corrected chi connectivity index (χ1v) is 11.0. The van der Waals surface area contributed by atoms with Gasteiger partial charge in [-0.2, -0.15) is 21.6 Å². The lowest BCUT2D eigenvalue weighted by Gasteiger charge is -2.32. The largest absolute Gasteiger partial charge is 0.534 e. The maximum atomic E-state index is 12.7. The van der Waals surface area contributed by atoms with Crippen LogP contribution in [-0.4, -0.2) is 26.5 Å². The van der Waals surface area contributed by atoms with Crippen LogP contribution in [0.2, 0.25) is 0 Å². The maximum Gasteiger partial charge on any atom is 0.534 e. The summed E-state index contributed by atoms with van der Waals surface area (Å²) in [7, 11) is -5.73. The van der Waals surface area contributed by atoms with E-state index < -0.39 is 27.0 Å². The highest BCUT2D eigenvalue weighted by atomic mass is 32.2. The first-order valence-electron chi connectivity index (χ1n) is 9.57. The van der Waals surface area contributed by atoms with Gasteiger partial charge >= 0.3 is 21.6 Å². The zero-order valence-electron chi connectivity index (χ0n) is 17.4. The molecule has 5 nitrogen and oxygen atoms in total. The Kier molecular flexibility index (Phi) is 7.60. The molecule has 9 heteroatoms. The zero-order valence-corrected chi connectivity index (χ0v) is 18.2. The van der Waals surface area contributed by atoms with E-state index in [0.29, 0.717) is 29.5 Å². The summed E-state index contributed by atoms with van der Waals surface area (Å²) >= 11 is 0. The van der Waals surface area contributed by atoms with Gasteiger partial charge in [0.05, 0.1) is 12.2 Å². The molecule has 1 aromatic rings. The summed E-state index contributed by atoms with van der Waals surface area (Å²) in [5, 5.41) is 0. The quantitative estimate of drug-likeness (QED) is 0.267. The third-order valence-corrected chi connectivity index (χ3v) is 5.66. The number of esters is 1. The Morgan fingerprint density at radius 3 is 2.45 bits per heavy atom. The number of hydrogen-bond acceptors (Lipinski definition) is 5. The van der Waals surface area contributed by atoms with Crippen molar-refractivity contribution >= 4 is 16.1 Å². The average molecular weight is 456 g/mol. The number of alkyl halides is 3. The van der Waals surface area contributed by atoms with Crippen LogP contribution < -0.4 is 0 Å². The Morgan fingerprint density at radius 1 is 1.23 bits per heavy atom. The second kappa shape index (κ2) is 9.60. The Bertz CT molecular complexity index is 1040. The van der Waals surface area contributed by atoms with Gasteiger partial charge in [0.15, 0.2) is 0 Å². The van der Waals surface area contributed by atoms with Gasteiger partial charge in [0.25, 0.3) is 0 Å². The van der Waals surface area contributed by atoms with E-state index in [9.17, 15) is 26.4 Å². The molecule has 1 aromatic carbocycles.